The lowest BCUT2D eigenvalue weighted by atomic mass is 10.1. The van der Waals surface area contributed by atoms with Crippen LogP contribution >= 0.6 is 34.7 Å². The van der Waals surface area contributed by atoms with Crippen LogP contribution in [0.15, 0.2) is 28.5 Å². The van der Waals surface area contributed by atoms with Crippen LogP contribution < -0.4 is 5.73 Å². The fraction of sp³-hybridized carbons (Fsp3) is 0.154. The Bertz CT molecular complexity index is 590. The maximum absolute atomic E-state index is 11.5. The van der Waals surface area contributed by atoms with Crippen molar-refractivity contribution in [3.05, 3.63) is 34.2 Å². The maximum atomic E-state index is 11.5. The fourth-order valence-electron chi connectivity index (χ4n) is 1.72. The van der Waals surface area contributed by atoms with Crippen molar-refractivity contribution in [3.8, 4) is 11.1 Å². The minimum absolute atomic E-state index is 0.00742. The number of hydrogen-bond donors (Lipinski definition) is 1. The number of nitrogen functional groups attached to an aromatic ring is 1. The fourth-order valence-corrected chi connectivity index (χ4v) is 3.73. The molecule has 0 bridgehead atoms. The summed E-state index contributed by atoms with van der Waals surface area (Å²) in [5.74, 6) is 0.00742. The second kappa shape index (κ2) is 5.34. The Morgan fingerprint density at radius 2 is 1.94 bits per heavy atom. The van der Waals surface area contributed by atoms with Crippen LogP contribution in [-0.2, 0) is 0 Å². The number of nitrogens with two attached hydrogens (primary N) is 1. The zero-order valence-corrected chi connectivity index (χ0v) is 12.4. The molecule has 0 atom stereocenters. The second-order valence-electron chi connectivity index (χ2n) is 3.77. The van der Waals surface area contributed by atoms with Gasteiger partial charge in [0.25, 0.3) is 0 Å². The first-order chi connectivity index (χ1) is 8.54. The van der Waals surface area contributed by atoms with Crippen molar-refractivity contribution in [2.75, 3.05) is 12.0 Å². The number of benzene rings is 1. The Morgan fingerprint density at radius 3 is 2.44 bits per heavy atom. The van der Waals surface area contributed by atoms with Crippen molar-refractivity contribution in [3.63, 3.8) is 0 Å². The molecular formula is C13H12ClNOS2. The van der Waals surface area contributed by atoms with Crippen LogP contribution in [0.4, 0.5) is 5.69 Å². The highest BCUT2D eigenvalue weighted by molar-refractivity contribution is 8.00. The Hall–Kier alpha value is -0.970. The minimum Gasteiger partial charge on any atom is -0.397 e. The molecule has 2 rings (SSSR count). The number of thioether (sulfide) groups is 1. The van der Waals surface area contributed by atoms with E-state index in [4.69, 9.17) is 17.3 Å². The van der Waals surface area contributed by atoms with Crippen molar-refractivity contribution in [2.24, 2.45) is 0 Å². The second-order valence-corrected chi connectivity index (χ2v) is 6.31. The number of carbonyl (C=O) groups excluding carboxylic acids is 1. The lowest BCUT2D eigenvalue weighted by Crippen LogP contribution is -1.95. The molecule has 0 saturated carbocycles. The van der Waals surface area contributed by atoms with Gasteiger partial charge in [-0.15, -0.1) is 23.1 Å². The Labute approximate surface area is 119 Å². The molecule has 1 aromatic heterocycles. The summed E-state index contributed by atoms with van der Waals surface area (Å²) in [6.07, 6.45) is 1.98. The van der Waals surface area contributed by atoms with Gasteiger partial charge in [-0.1, -0.05) is 23.7 Å². The molecule has 0 unspecified atom stereocenters. The Kier molecular flexibility index (Phi) is 4.00. The van der Waals surface area contributed by atoms with Crippen LogP contribution in [0.1, 0.15) is 16.6 Å². The van der Waals surface area contributed by atoms with E-state index in [1.54, 1.807) is 11.8 Å². The minimum atomic E-state index is 0.00742. The molecule has 0 radical (unpaired) electrons. The van der Waals surface area contributed by atoms with Crippen molar-refractivity contribution in [2.45, 2.75) is 11.1 Å². The van der Waals surface area contributed by atoms with Gasteiger partial charge in [-0.05, 0) is 24.0 Å². The van der Waals surface area contributed by atoms with E-state index in [0.717, 1.165) is 15.3 Å². The topological polar surface area (TPSA) is 43.1 Å². The number of halogens is 1. The van der Waals surface area contributed by atoms with Gasteiger partial charge in [0.2, 0.25) is 0 Å². The zero-order chi connectivity index (χ0) is 13.3. The molecule has 0 aliphatic heterocycles. The summed E-state index contributed by atoms with van der Waals surface area (Å²) in [4.78, 5) is 12.2. The normalized spacial score (nSPS) is 10.6. The summed E-state index contributed by atoms with van der Waals surface area (Å²) in [5, 5.41) is 0.685. The average Bonchev–Trinajstić information content (AvgIpc) is 2.67. The third-order valence-corrected chi connectivity index (χ3v) is 5.23. The number of rotatable bonds is 3. The summed E-state index contributed by atoms with van der Waals surface area (Å²) in [6, 6.07) is 7.49. The molecule has 2 aromatic rings. The maximum Gasteiger partial charge on any atom is 0.171 e. The van der Waals surface area contributed by atoms with Crippen molar-refractivity contribution >= 4 is 46.2 Å². The van der Waals surface area contributed by atoms with E-state index in [1.165, 1.54) is 18.3 Å². The van der Waals surface area contributed by atoms with Crippen molar-refractivity contribution < 1.29 is 4.79 Å². The van der Waals surface area contributed by atoms with Crippen LogP contribution in [0.3, 0.4) is 0 Å². The van der Waals surface area contributed by atoms with Crippen LogP contribution in [-0.4, -0.2) is 12.0 Å². The van der Waals surface area contributed by atoms with Crippen LogP contribution in [0.5, 0.6) is 0 Å². The van der Waals surface area contributed by atoms with Crippen LogP contribution in [0.2, 0.25) is 5.02 Å². The molecule has 0 amide bonds. The van der Waals surface area contributed by atoms with E-state index in [1.807, 2.05) is 30.5 Å². The van der Waals surface area contributed by atoms with Gasteiger partial charge in [-0.25, -0.2) is 0 Å². The molecule has 18 heavy (non-hydrogen) atoms. The molecule has 1 heterocycles. The van der Waals surface area contributed by atoms with E-state index in [9.17, 15) is 4.79 Å². The summed E-state index contributed by atoms with van der Waals surface area (Å²) >= 11 is 8.93. The van der Waals surface area contributed by atoms with Gasteiger partial charge in [0.05, 0.1) is 14.8 Å². The Morgan fingerprint density at radius 1 is 1.33 bits per heavy atom. The van der Waals surface area contributed by atoms with Gasteiger partial charge in [0.15, 0.2) is 5.78 Å². The summed E-state index contributed by atoms with van der Waals surface area (Å²) in [7, 11) is 0. The van der Waals surface area contributed by atoms with Crippen molar-refractivity contribution in [1.29, 1.82) is 0 Å². The highest BCUT2D eigenvalue weighted by Crippen LogP contribution is 2.44. The van der Waals surface area contributed by atoms with Crippen molar-refractivity contribution in [1.82, 2.24) is 0 Å². The first kappa shape index (κ1) is 13.5. The van der Waals surface area contributed by atoms with E-state index >= 15 is 0 Å². The SMILES string of the molecule is CSc1sc(C(C)=O)c(N)c1-c1ccc(Cl)cc1. The molecule has 1 aromatic carbocycles. The highest BCUT2D eigenvalue weighted by Gasteiger charge is 2.19. The smallest absolute Gasteiger partial charge is 0.171 e. The summed E-state index contributed by atoms with van der Waals surface area (Å²) in [6.45, 7) is 1.54. The van der Waals surface area contributed by atoms with Gasteiger partial charge >= 0.3 is 0 Å². The quantitative estimate of drug-likeness (QED) is 0.666. The number of hydrogen-bond acceptors (Lipinski definition) is 4. The molecule has 5 heteroatoms. The number of thiophene rings is 1. The van der Waals surface area contributed by atoms with Gasteiger partial charge in [-0.3, -0.25) is 4.79 Å². The summed E-state index contributed by atoms with van der Waals surface area (Å²) < 4.78 is 1.06. The molecule has 2 N–H and O–H groups in total. The first-order valence-corrected chi connectivity index (χ1v) is 7.69. The molecule has 0 aliphatic carbocycles. The van der Waals surface area contributed by atoms with Gasteiger partial charge in [-0.2, -0.15) is 0 Å². The van der Waals surface area contributed by atoms with Crippen LogP contribution in [0.25, 0.3) is 11.1 Å². The largest absolute Gasteiger partial charge is 0.397 e. The number of ketones is 1. The Balaban J connectivity index is 2.62. The molecular weight excluding hydrogens is 286 g/mol. The number of carbonyl (C=O) groups is 1. The standard InChI is InChI=1S/C13H12ClNOS2/c1-7(16)12-11(15)10(13(17-2)18-12)8-3-5-9(14)6-4-8/h3-6H,15H2,1-2H3. The predicted molar refractivity (Wildman–Crippen MR) is 81.0 cm³/mol. The summed E-state index contributed by atoms with van der Waals surface area (Å²) in [5.41, 5.74) is 8.59. The van der Waals surface area contributed by atoms with Gasteiger partial charge < -0.3 is 5.73 Å². The molecule has 0 saturated heterocycles. The molecule has 94 valence electrons. The predicted octanol–water partition coefficient (Wildman–Crippen LogP) is 4.58. The van der Waals surface area contributed by atoms with Gasteiger partial charge in [0, 0.05) is 17.5 Å². The number of anilines is 1. The average molecular weight is 298 g/mol. The van der Waals surface area contributed by atoms with Gasteiger partial charge in [0.1, 0.15) is 0 Å². The lowest BCUT2D eigenvalue weighted by Gasteiger charge is -2.04. The molecule has 0 aliphatic rings. The van der Waals surface area contributed by atoms with E-state index in [0.29, 0.717) is 15.6 Å². The number of Topliss-reactive ketones (excluding diaryl/α,β-unsaturated/α-hetero) is 1. The first-order valence-electron chi connectivity index (χ1n) is 5.27. The van der Waals surface area contributed by atoms with E-state index in [-0.39, 0.29) is 5.78 Å². The van der Waals surface area contributed by atoms with E-state index < -0.39 is 0 Å². The third kappa shape index (κ3) is 2.41. The lowest BCUT2D eigenvalue weighted by molar-refractivity contribution is 0.102. The third-order valence-electron chi connectivity index (χ3n) is 2.55. The molecule has 0 fully saturated rings. The monoisotopic (exact) mass is 297 g/mol. The molecule has 2 nitrogen and oxygen atoms in total. The van der Waals surface area contributed by atoms with E-state index in [2.05, 4.69) is 0 Å². The molecule has 0 spiro atoms. The highest BCUT2D eigenvalue weighted by atomic mass is 35.5. The van der Waals surface area contributed by atoms with Crippen LogP contribution in [0, 0.1) is 0 Å². The zero-order valence-electron chi connectivity index (χ0n) is 9.99.